The number of hydrogen-bond donors (Lipinski definition) is 3. The smallest absolute Gasteiger partial charge is 0.261 e. The van der Waals surface area contributed by atoms with E-state index < -0.39 is 15.9 Å². The van der Waals surface area contributed by atoms with Gasteiger partial charge in [-0.1, -0.05) is 32.0 Å². The molecule has 2 amide bonds. The lowest BCUT2D eigenvalue weighted by Crippen LogP contribution is -2.25. The van der Waals surface area contributed by atoms with Crippen molar-refractivity contribution >= 4 is 45.0 Å². The molecule has 1 heterocycles. The molecule has 0 aliphatic heterocycles. The largest absolute Gasteiger partial charge is 0.348 e. The summed E-state index contributed by atoms with van der Waals surface area (Å²) in [5.41, 5.74) is 1.56. The zero-order valence-corrected chi connectivity index (χ0v) is 20.7. The second kappa shape index (κ2) is 11.2. The van der Waals surface area contributed by atoms with Crippen LogP contribution in [0, 0.1) is 5.92 Å². The monoisotopic (exact) mass is 498 g/mol. The van der Waals surface area contributed by atoms with E-state index in [0.29, 0.717) is 5.69 Å². The van der Waals surface area contributed by atoms with Gasteiger partial charge in [0.05, 0.1) is 21.8 Å². The van der Waals surface area contributed by atoms with Crippen molar-refractivity contribution in [3.63, 3.8) is 0 Å². The molecule has 0 aliphatic carbocycles. The molecular formula is C24H26N4O4S2. The first-order chi connectivity index (χ1) is 16.2. The highest BCUT2D eigenvalue weighted by molar-refractivity contribution is 7.98. The minimum absolute atomic E-state index is 0.0325. The van der Waals surface area contributed by atoms with Crippen molar-refractivity contribution < 1.29 is 18.0 Å². The number of nitrogens with zero attached hydrogens (tertiary/aromatic N) is 1. The Balaban J connectivity index is 1.84. The lowest BCUT2D eigenvalue weighted by atomic mass is 10.1. The average molecular weight is 499 g/mol. The molecule has 0 spiro atoms. The summed E-state index contributed by atoms with van der Waals surface area (Å²) in [5, 5.41) is 5.55. The Morgan fingerprint density at radius 1 is 1.03 bits per heavy atom. The summed E-state index contributed by atoms with van der Waals surface area (Å²) < 4.78 is 28.8. The van der Waals surface area contributed by atoms with Crippen LogP contribution < -0.4 is 15.4 Å². The predicted molar refractivity (Wildman–Crippen MR) is 134 cm³/mol. The number of para-hydroxylation sites is 1. The third kappa shape index (κ3) is 6.36. The molecule has 2 aromatic carbocycles. The number of sulfonamides is 1. The molecule has 0 atom stereocenters. The van der Waals surface area contributed by atoms with Crippen LogP contribution in [0.1, 0.15) is 29.8 Å². The average Bonchev–Trinajstić information content (AvgIpc) is 2.83. The Labute approximate surface area is 203 Å². The first-order valence-corrected chi connectivity index (χ1v) is 13.2. The van der Waals surface area contributed by atoms with Crippen LogP contribution in [0.5, 0.6) is 0 Å². The maximum atomic E-state index is 13.2. The molecule has 0 bridgehead atoms. The second-order valence-corrected chi connectivity index (χ2v) is 10.2. The van der Waals surface area contributed by atoms with E-state index >= 15 is 0 Å². The van der Waals surface area contributed by atoms with Gasteiger partial charge in [0.15, 0.2) is 0 Å². The van der Waals surface area contributed by atoms with E-state index in [0.717, 1.165) is 10.5 Å². The first-order valence-electron chi connectivity index (χ1n) is 10.5. The van der Waals surface area contributed by atoms with E-state index in [1.54, 1.807) is 56.6 Å². The lowest BCUT2D eigenvalue weighted by molar-refractivity contribution is -0.118. The molecule has 0 unspecified atom stereocenters. The molecule has 3 aromatic rings. The Morgan fingerprint density at radius 2 is 1.79 bits per heavy atom. The molecule has 0 fully saturated rings. The highest BCUT2D eigenvalue weighted by Gasteiger charge is 2.21. The van der Waals surface area contributed by atoms with Gasteiger partial charge in [-0.3, -0.25) is 19.3 Å². The van der Waals surface area contributed by atoms with E-state index in [2.05, 4.69) is 20.3 Å². The van der Waals surface area contributed by atoms with Gasteiger partial charge in [0, 0.05) is 29.8 Å². The molecule has 0 saturated carbocycles. The van der Waals surface area contributed by atoms with E-state index in [9.17, 15) is 18.0 Å². The van der Waals surface area contributed by atoms with Crippen LogP contribution in [0.25, 0.3) is 0 Å². The van der Waals surface area contributed by atoms with Gasteiger partial charge in [-0.15, -0.1) is 11.8 Å². The van der Waals surface area contributed by atoms with E-state index in [-0.39, 0.29) is 34.5 Å². The van der Waals surface area contributed by atoms with Crippen molar-refractivity contribution in [2.75, 3.05) is 16.3 Å². The minimum atomic E-state index is -4.04. The van der Waals surface area contributed by atoms with Crippen LogP contribution in [0.3, 0.4) is 0 Å². The maximum Gasteiger partial charge on any atom is 0.261 e. The van der Waals surface area contributed by atoms with Gasteiger partial charge in [0.2, 0.25) is 5.91 Å². The lowest BCUT2D eigenvalue weighted by Gasteiger charge is -2.15. The second-order valence-electron chi connectivity index (χ2n) is 7.70. The van der Waals surface area contributed by atoms with Crippen molar-refractivity contribution in [3.8, 4) is 0 Å². The Hall–Kier alpha value is -3.37. The number of aromatic nitrogens is 1. The van der Waals surface area contributed by atoms with Gasteiger partial charge in [0.1, 0.15) is 0 Å². The van der Waals surface area contributed by atoms with Crippen LogP contribution in [-0.2, 0) is 21.4 Å². The van der Waals surface area contributed by atoms with Crippen molar-refractivity contribution in [1.82, 2.24) is 10.3 Å². The SMILES string of the molecule is CSc1ccc(S(=O)(=O)Nc2ccccc2C(=O)NCc2cccnc2)cc1NC(=O)C(C)C. The number of amides is 2. The third-order valence-corrected chi connectivity index (χ3v) is 7.01. The van der Waals surface area contributed by atoms with Gasteiger partial charge in [-0.05, 0) is 48.2 Å². The number of pyridine rings is 1. The van der Waals surface area contributed by atoms with Gasteiger partial charge < -0.3 is 10.6 Å². The Kier molecular flexibility index (Phi) is 8.30. The molecule has 0 aliphatic rings. The fourth-order valence-electron chi connectivity index (χ4n) is 2.98. The number of rotatable bonds is 9. The summed E-state index contributed by atoms with van der Waals surface area (Å²) in [6, 6.07) is 14.5. The zero-order valence-electron chi connectivity index (χ0n) is 19.0. The Morgan fingerprint density at radius 3 is 2.47 bits per heavy atom. The number of benzene rings is 2. The summed E-state index contributed by atoms with van der Waals surface area (Å²) in [6.45, 7) is 3.77. The van der Waals surface area contributed by atoms with E-state index in [1.165, 1.54) is 30.0 Å². The molecular weight excluding hydrogens is 472 g/mol. The molecule has 3 N–H and O–H groups in total. The molecule has 10 heteroatoms. The van der Waals surface area contributed by atoms with Crippen molar-refractivity contribution in [3.05, 3.63) is 78.1 Å². The highest BCUT2D eigenvalue weighted by Crippen LogP contribution is 2.30. The van der Waals surface area contributed by atoms with Crippen LogP contribution in [0.15, 0.2) is 76.8 Å². The number of carbonyl (C=O) groups excluding carboxylic acids is 2. The maximum absolute atomic E-state index is 13.2. The Bertz CT molecular complexity index is 1280. The quantitative estimate of drug-likeness (QED) is 0.382. The third-order valence-electron chi connectivity index (χ3n) is 4.86. The van der Waals surface area contributed by atoms with Crippen molar-refractivity contribution in [1.29, 1.82) is 0 Å². The molecule has 8 nitrogen and oxygen atoms in total. The standard InChI is InChI=1S/C24H26N4O4S2/c1-16(2)23(29)27-21-13-18(10-11-22(21)33-3)34(31,32)28-20-9-5-4-8-19(20)24(30)26-15-17-7-6-12-25-14-17/h4-14,16,28H,15H2,1-3H3,(H,26,30)(H,27,29). The summed E-state index contributed by atoms with van der Waals surface area (Å²) >= 11 is 1.40. The molecule has 0 radical (unpaired) electrons. The van der Waals surface area contributed by atoms with Crippen molar-refractivity contribution in [2.45, 2.75) is 30.2 Å². The van der Waals surface area contributed by atoms with Crippen LogP contribution in [0.4, 0.5) is 11.4 Å². The normalized spacial score (nSPS) is 11.2. The van der Waals surface area contributed by atoms with E-state index in [1.807, 2.05) is 12.3 Å². The summed E-state index contributed by atoms with van der Waals surface area (Å²) in [4.78, 5) is 29.7. The van der Waals surface area contributed by atoms with Gasteiger partial charge >= 0.3 is 0 Å². The molecule has 34 heavy (non-hydrogen) atoms. The van der Waals surface area contributed by atoms with Crippen molar-refractivity contribution in [2.24, 2.45) is 5.92 Å². The summed E-state index contributed by atoms with van der Waals surface area (Å²) in [7, 11) is -4.04. The molecule has 178 valence electrons. The van der Waals surface area contributed by atoms with Crippen LogP contribution in [-0.4, -0.2) is 31.5 Å². The number of carbonyl (C=O) groups is 2. The van der Waals surface area contributed by atoms with Crippen LogP contribution in [0.2, 0.25) is 0 Å². The van der Waals surface area contributed by atoms with Gasteiger partial charge in [-0.25, -0.2) is 8.42 Å². The number of hydrogen-bond acceptors (Lipinski definition) is 6. The van der Waals surface area contributed by atoms with Crippen LogP contribution >= 0.6 is 11.8 Å². The fourth-order valence-corrected chi connectivity index (χ4v) is 4.62. The van der Waals surface area contributed by atoms with Gasteiger partial charge in [-0.2, -0.15) is 0 Å². The summed E-state index contributed by atoms with van der Waals surface area (Å²) in [5.74, 6) is -0.900. The summed E-state index contributed by atoms with van der Waals surface area (Å²) in [6.07, 6.45) is 5.12. The number of thioether (sulfide) groups is 1. The number of anilines is 2. The number of nitrogens with one attached hydrogen (secondary N) is 3. The highest BCUT2D eigenvalue weighted by atomic mass is 32.2. The minimum Gasteiger partial charge on any atom is -0.348 e. The fraction of sp³-hybridized carbons (Fsp3) is 0.208. The molecule has 0 saturated heterocycles. The predicted octanol–water partition coefficient (Wildman–Crippen LogP) is 4.13. The van der Waals surface area contributed by atoms with Gasteiger partial charge in [0.25, 0.3) is 15.9 Å². The zero-order chi connectivity index (χ0) is 24.7. The molecule has 3 rings (SSSR count). The van der Waals surface area contributed by atoms with E-state index in [4.69, 9.17) is 0 Å². The molecule has 1 aromatic heterocycles. The topological polar surface area (TPSA) is 117 Å². The first kappa shape index (κ1) is 25.3.